The fourth-order valence-electron chi connectivity index (χ4n) is 3.56. The first-order chi connectivity index (χ1) is 9.07. The summed E-state index contributed by atoms with van der Waals surface area (Å²) in [5.74, 6) is 0. The molecular formula is C17H25NO. The van der Waals surface area contributed by atoms with Crippen molar-refractivity contribution in [3.8, 4) is 0 Å². The third-order valence-corrected chi connectivity index (χ3v) is 5.07. The Morgan fingerprint density at radius 2 is 1.84 bits per heavy atom. The van der Waals surface area contributed by atoms with Crippen LogP contribution in [0.4, 0.5) is 0 Å². The van der Waals surface area contributed by atoms with Crippen LogP contribution in [0.3, 0.4) is 0 Å². The number of fused-ring (bicyclic) bond motifs is 1. The zero-order chi connectivity index (χ0) is 13.5. The predicted octanol–water partition coefficient (Wildman–Crippen LogP) is 3.16. The van der Waals surface area contributed by atoms with Gasteiger partial charge in [0, 0.05) is 6.04 Å². The van der Waals surface area contributed by atoms with E-state index in [0.717, 1.165) is 31.5 Å². The first-order valence-electron chi connectivity index (χ1n) is 7.57. The Morgan fingerprint density at radius 3 is 2.58 bits per heavy atom. The number of hydrogen-bond donors (Lipinski definition) is 1. The Kier molecular flexibility index (Phi) is 3.40. The van der Waals surface area contributed by atoms with Crippen molar-refractivity contribution in [1.29, 1.82) is 0 Å². The lowest BCUT2D eigenvalue weighted by atomic mass is 9.79. The van der Waals surface area contributed by atoms with Crippen molar-refractivity contribution >= 4 is 0 Å². The van der Waals surface area contributed by atoms with Crippen molar-refractivity contribution in [3.63, 3.8) is 0 Å². The standard InChI is InChI=1S/C17H25NO/c1-17(2)9-11-18(12-10-17)15-8-7-13-5-3-4-6-14(13)16(15)19/h3-6,15-16,19H,7-12H2,1-2H3. The van der Waals surface area contributed by atoms with Gasteiger partial charge in [0.1, 0.15) is 0 Å². The zero-order valence-electron chi connectivity index (χ0n) is 12.1. The summed E-state index contributed by atoms with van der Waals surface area (Å²) in [6.07, 6.45) is 4.40. The summed E-state index contributed by atoms with van der Waals surface area (Å²) in [6, 6.07) is 8.71. The van der Waals surface area contributed by atoms with Gasteiger partial charge in [0.2, 0.25) is 0 Å². The smallest absolute Gasteiger partial charge is 0.0947 e. The van der Waals surface area contributed by atoms with E-state index in [1.54, 1.807) is 0 Å². The van der Waals surface area contributed by atoms with E-state index in [1.807, 2.05) is 6.07 Å². The van der Waals surface area contributed by atoms with Gasteiger partial charge in [-0.1, -0.05) is 38.1 Å². The number of aliphatic hydroxyl groups is 1. The highest BCUT2D eigenvalue weighted by Gasteiger charge is 2.35. The third-order valence-electron chi connectivity index (χ3n) is 5.07. The lowest BCUT2D eigenvalue weighted by molar-refractivity contribution is 0.00565. The molecule has 0 aromatic heterocycles. The number of rotatable bonds is 1. The lowest BCUT2D eigenvalue weighted by Gasteiger charge is -2.44. The second kappa shape index (κ2) is 4.92. The molecule has 0 saturated carbocycles. The van der Waals surface area contributed by atoms with Crippen LogP contribution in [0.15, 0.2) is 24.3 Å². The first kappa shape index (κ1) is 13.1. The van der Waals surface area contributed by atoms with Gasteiger partial charge in [0.15, 0.2) is 0 Å². The molecule has 1 aromatic carbocycles. The molecule has 2 nitrogen and oxygen atoms in total. The van der Waals surface area contributed by atoms with Crippen LogP contribution in [-0.2, 0) is 6.42 Å². The first-order valence-corrected chi connectivity index (χ1v) is 7.57. The summed E-state index contributed by atoms with van der Waals surface area (Å²) >= 11 is 0. The van der Waals surface area contributed by atoms with Crippen LogP contribution in [0, 0.1) is 5.41 Å². The van der Waals surface area contributed by atoms with Crippen LogP contribution in [0.1, 0.15) is 50.3 Å². The SMILES string of the molecule is CC1(C)CCN(C2CCc3ccccc3C2O)CC1. The molecule has 0 radical (unpaired) electrons. The quantitative estimate of drug-likeness (QED) is 0.837. The van der Waals surface area contributed by atoms with E-state index in [1.165, 1.54) is 18.4 Å². The van der Waals surface area contributed by atoms with Crippen LogP contribution < -0.4 is 0 Å². The molecule has 1 N–H and O–H groups in total. The molecule has 2 atom stereocenters. The van der Waals surface area contributed by atoms with Crippen LogP contribution in [0.5, 0.6) is 0 Å². The monoisotopic (exact) mass is 259 g/mol. The van der Waals surface area contributed by atoms with Gasteiger partial charge < -0.3 is 5.11 Å². The molecular weight excluding hydrogens is 234 g/mol. The van der Waals surface area contributed by atoms with Crippen molar-refractivity contribution in [2.45, 2.75) is 51.7 Å². The van der Waals surface area contributed by atoms with Gasteiger partial charge in [-0.3, -0.25) is 4.90 Å². The van der Waals surface area contributed by atoms with Crippen LogP contribution >= 0.6 is 0 Å². The Labute approximate surface area is 116 Å². The fraction of sp³-hybridized carbons (Fsp3) is 0.647. The summed E-state index contributed by atoms with van der Waals surface area (Å²) in [4.78, 5) is 2.52. The molecule has 1 aliphatic heterocycles. The number of aliphatic hydroxyl groups excluding tert-OH is 1. The number of benzene rings is 1. The molecule has 0 bridgehead atoms. The molecule has 3 rings (SSSR count). The number of likely N-dealkylation sites (tertiary alicyclic amines) is 1. The average Bonchev–Trinajstić information content (AvgIpc) is 2.40. The van der Waals surface area contributed by atoms with Gasteiger partial charge in [0.05, 0.1) is 6.10 Å². The maximum atomic E-state index is 10.7. The maximum absolute atomic E-state index is 10.7. The molecule has 1 aromatic rings. The molecule has 1 fully saturated rings. The minimum Gasteiger partial charge on any atom is -0.387 e. The molecule has 1 heterocycles. The Hall–Kier alpha value is -0.860. The van der Waals surface area contributed by atoms with E-state index in [2.05, 4.69) is 36.9 Å². The van der Waals surface area contributed by atoms with Crippen molar-refractivity contribution in [2.75, 3.05) is 13.1 Å². The zero-order valence-corrected chi connectivity index (χ0v) is 12.1. The van der Waals surface area contributed by atoms with Crippen LogP contribution in [0.25, 0.3) is 0 Å². The van der Waals surface area contributed by atoms with Gasteiger partial charge in [-0.05, 0) is 55.3 Å². The molecule has 1 saturated heterocycles. The van der Waals surface area contributed by atoms with Gasteiger partial charge in [-0.25, -0.2) is 0 Å². The highest BCUT2D eigenvalue weighted by atomic mass is 16.3. The fourth-order valence-corrected chi connectivity index (χ4v) is 3.56. The van der Waals surface area contributed by atoms with E-state index in [-0.39, 0.29) is 6.10 Å². The van der Waals surface area contributed by atoms with Gasteiger partial charge >= 0.3 is 0 Å². The van der Waals surface area contributed by atoms with Gasteiger partial charge in [-0.2, -0.15) is 0 Å². The predicted molar refractivity (Wildman–Crippen MR) is 78.1 cm³/mol. The van der Waals surface area contributed by atoms with E-state index in [4.69, 9.17) is 0 Å². The summed E-state index contributed by atoms with van der Waals surface area (Å²) < 4.78 is 0. The number of piperidine rings is 1. The molecule has 2 aliphatic rings. The van der Waals surface area contributed by atoms with E-state index >= 15 is 0 Å². The second-order valence-electron chi connectivity index (χ2n) is 6.95. The summed E-state index contributed by atoms with van der Waals surface area (Å²) in [5.41, 5.74) is 2.97. The van der Waals surface area contributed by atoms with Crippen molar-refractivity contribution in [2.24, 2.45) is 5.41 Å². The minimum absolute atomic E-state index is 0.300. The van der Waals surface area contributed by atoms with E-state index < -0.39 is 0 Å². The van der Waals surface area contributed by atoms with E-state index in [0.29, 0.717) is 11.5 Å². The number of nitrogens with zero attached hydrogens (tertiary/aromatic N) is 1. The second-order valence-corrected chi connectivity index (χ2v) is 6.95. The number of hydrogen-bond acceptors (Lipinski definition) is 2. The molecule has 104 valence electrons. The molecule has 2 heteroatoms. The van der Waals surface area contributed by atoms with Crippen molar-refractivity contribution < 1.29 is 5.11 Å². The van der Waals surface area contributed by atoms with Crippen molar-refractivity contribution in [3.05, 3.63) is 35.4 Å². The molecule has 0 spiro atoms. The number of aryl methyl sites for hydroxylation is 1. The molecule has 2 unspecified atom stereocenters. The van der Waals surface area contributed by atoms with Gasteiger partial charge in [0.25, 0.3) is 0 Å². The normalized spacial score (nSPS) is 30.9. The van der Waals surface area contributed by atoms with Gasteiger partial charge in [-0.15, -0.1) is 0 Å². The Balaban J connectivity index is 1.74. The van der Waals surface area contributed by atoms with Crippen LogP contribution in [-0.4, -0.2) is 29.1 Å². The molecule has 1 aliphatic carbocycles. The lowest BCUT2D eigenvalue weighted by Crippen LogP contribution is -2.47. The highest BCUT2D eigenvalue weighted by molar-refractivity contribution is 5.32. The largest absolute Gasteiger partial charge is 0.387 e. The van der Waals surface area contributed by atoms with Crippen LogP contribution in [0.2, 0.25) is 0 Å². The third kappa shape index (κ3) is 2.56. The average molecular weight is 259 g/mol. The molecule has 0 amide bonds. The highest BCUT2D eigenvalue weighted by Crippen LogP contribution is 2.37. The van der Waals surface area contributed by atoms with E-state index in [9.17, 15) is 5.11 Å². The topological polar surface area (TPSA) is 23.5 Å². The maximum Gasteiger partial charge on any atom is 0.0947 e. The summed E-state index contributed by atoms with van der Waals surface area (Å²) in [6.45, 7) is 6.99. The Bertz CT molecular complexity index is 444. The summed E-state index contributed by atoms with van der Waals surface area (Å²) in [5, 5.41) is 10.7. The Morgan fingerprint density at radius 1 is 1.16 bits per heavy atom. The molecule has 19 heavy (non-hydrogen) atoms. The minimum atomic E-state index is -0.300. The summed E-state index contributed by atoms with van der Waals surface area (Å²) in [7, 11) is 0. The van der Waals surface area contributed by atoms with Crippen molar-refractivity contribution in [1.82, 2.24) is 4.90 Å².